The molecule has 152 valence electrons. The maximum absolute atomic E-state index is 12.6. The molecular weight excluding hydrogens is 408 g/mol. The molecule has 2 N–H and O–H groups in total. The van der Waals surface area contributed by atoms with E-state index in [-0.39, 0.29) is 32.4 Å². The second-order valence-corrected chi connectivity index (χ2v) is 9.42. The highest BCUT2D eigenvalue weighted by atomic mass is 32.2. The number of benzene rings is 1. The largest absolute Gasteiger partial charge is 0.495 e. The maximum Gasteiger partial charge on any atom is 0.337 e. The minimum Gasteiger partial charge on any atom is -0.495 e. The molecule has 0 spiro atoms. The number of aromatic nitrogens is 2. The third-order valence-corrected chi connectivity index (χ3v) is 5.97. The average Bonchev–Trinajstić information content (AvgIpc) is 3.09. The Labute approximate surface area is 166 Å². The average molecular weight is 428 g/mol. The highest BCUT2D eigenvalue weighted by Crippen LogP contribution is 2.30. The number of hydrogen-bond acceptors (Lipinski definition) is 9. The van der Waals surface area contributed by atoms with Crippen molar-refractivity contribution in [2.24, 2.45) is 5.41 Å². The predicted molar refractivity (Wildman–Crippen MR) is 103 cm³/mol. The van der Waals surface area contributed by atoms with E-state index in [1.807, 2.05) is 0 Å². The van der Waals surface area contributed by atoms with Crippen LogP contribution in [0.15, 0.2) is 22.5 Å². The van der Waals surface area contributed by atoms with Crippen LogP contribution in [0.4, 0.5) is 10.8 Å². The van der Waals surface area contributed by atoms with Crippen LogP contribution >= 0.6 is 11.3 Å². The van der Waals surface area contributed by atoms with Crippen LogP contribution in [0.1, 0.15) is 31.1 Å². The van der Waals surface area contributed by atoms with Crippen molar-refractivity contribution in [1.82, 2.24) is 10.2 Å². The fourth-order valence-corrected chi connectivity index (χ4v) is 3.83. The van der Waals surface area contributed by atoms with Crippen LogP contribution in [0.3, 0.4) is 0 Å². The van der Waals surface area contributed by atoms with Crippen molar-refractivity contribution in [3.8, 4) is 5.75 Å². The summed E-state index contributed by atoms with van der Waals surface area (Å²) in [6, 6.07) is 4.15. The summed E-state index contributed by atoms with van der Waals surface area (Å²) in [7, 11) is -1.56. The zero-order valence-electron chi connectivity index (χ0n) is 15.9. The van der Waals surface area contributed by atoms with E-state index in [1.54, 1.807) is 20.8 Å². The molecule has 0 bridgehead atoms. The van der Waals surface area contributed by atoms with Gasteiger partial charge in [0, 0.05) is 5.41 Å². The summed E-state index contributed by atoms with van der Waals surface area (Å²) in [5, 5.41) is 9.88. The highest BCUT2D eigenvalue weighted by molar-refractivity contribution is 7.94. The quantitative estimate of drug-likeness (QED) is 0.527. The van der Waals surface area contributed by atoms with Crippen LogP contribution < -0.4 is 14.8 Å². The van der Waals surface area contributed by atoms with Gasteiger partial charge in [-0.2, -0.15) is 8.42 Å². The number of nitrogens with one attached hydrogen (secondary N) is 2. The van der Waals surface area contributed by atoms with Gasteiger partial charge in [0.1, 0.15) is 5.75 Å². The summed E-state index contributed by atoms with van der Waals surface area (Å²) >= 11 is 0.695. The third kappa shape index (κ3) is 4.95. The van der Waals surface area contributed by atoms with Gasteiger partial charge in [-0.15, -0.1) is 10.2 Å². The molecule has 1 aromatic heterocycles. The van der Waals surface area contributed by atoms with Crippen LogP contribution in [-0.4, -0.2) is 44.7 Å². The monoisotopic (exact) mass is 428 g/mol. The smallest absolute Gasteiger partial charge is 0.337 e. The molecule has 0 atom stereocenters. The van der Waals surface area contributed by atoms with Gasteiger partial charge in [-0.25, -0.2) is 4.79 Å². The first-order chi connectivity index (χ1) is 13.0. The number of hydrogen-bond donors (Lipinski definition) is 2. The molecule has 0 unspecified atom stereocenters. The molecule has 28 heavy (non-hydrogen) atoms. The lowest BCUT2D eigenvalue weighted by molar-refractivity contribution is -0.123. The molecule has 2 aromatic rings. The molecule has 0 radical (unpaired) electrons. The lowest BCUT2D eigenvalue weighted by Gasteiger charge is -2.15. The molecule has 1 amide bonds. The SMILES string of the molecule is COC(=O)c1ccc(OC)c(NS(=O)(=O)c2nnc(NC(=O)C(C)(C)C)s2)c1. The Hall–Kier alpha value is -2.73. The molecule has 12 heteroatoms. The van der Waals surface area contributed by atoms with E-state index in [0.717, 1.165) is 0 Å². The van der Waals surface area contributed by atoms with Crippen molar-refractivity contribution in [1.29, 1.82) is 0 Å². The van der Waals surface area contributed by atoms with Crippen molar-refractivity contribution in [2.75, 3.05) is 24.3 Å². The number of nitrogens with zero attached hydrogens (tertiary/aromatic N) is 2. The van der Waals surface area contributed by atoms with Gasteiger partial charge in [0.05, 0.1) is 25.5 Å². The molecule has 0 fully saturated rings. The van der Waals surface area contributed by atoms with Crippen molar-refractivity contribution in [2.45, 2.75) is 25.1 Å². The first-order valence-electron chi connectivity index (χ1n) is 7.92. The lowest BCUT2D eigenvalue weighted by Crippen LogP contribution is -2.27. The van der Waals surface area contributed by atoms with Crippen LogP contribution in [0.25, 0.3) is 0 Å². The standard InChI is InChI=1S/C16H20N4O6S2/c1-16(2,3)13(22)17-14-18-19-15(27-14)28(23,24)20-10-8-9(12(21)26-5)6-7-11(10)25-4/h6-8,20H,1-5H3,(H,17,18,22). The Morgan fingerprint density at radius 3 is 2.39 bits per heavy atom. The molecule has 2 rings (SSSR count). The highest BCUT2D eigenvalue weighted by Gasteiger charge is 2.26. The van der Waals surface area contributed by atoms with Crippen molar-refractivity contribution < 1.29 is 27.5 Å². The Balaban J connectivity index is 2.29. The summed E-state index contributed by atoms with van der Waals surface area (Å²) in [5.41, 5.74) is -0.512. The minimum atomic E-state index is -4.13. The first-order valence-corrected chi connectivity index (χ1v) is 10.2. The summed E-state index contributed by atoms with van der Waals surface area (Å²) in [6.45, 7) is 5.13. The van der Waals surface area contributed by atoms with Gasteiger partial charge in [-0.05, 0) is 18.2 Å². The van der Waals surface area contributed by atoms with E-state index in [1.165, 1.54) is 32.4 Å². The second-order valence-electron chi connectivity index (χ2n) is 6.59. The number of carbonyl (C=O) groups is 2. The van der Waals surface area contributed by atoms with Crippen LogP contribution in [-0.2, 0) is 19.6 Å². The van der Waals surface area contributed by atoms with Crippen LogP contribution in [0.2, 0.25) is 0 Å². The Bertz CT molecular complexity index is 995. The van der Waals surface area contributed by atoms with Crippen molar-refractivity contribution in [3.05, 3.63) is 23.8 Å². The maximum atomic E-state index is 12.6. The number of amides is 1. The Kier molecular flexibility index (Phi) is 6.24. The summed E-state index contributed by atoms with van der Waals surface area (Å²) < 4.78 is 37.0. The first kappa shape index (κ1) is 21.6. The number of methoxy groups -OCH3 is 2. The summed E-state index contributed by atoms with van der Waals surface area (Å²) in [4.78, 5) is 23.7. The van der Waals surface area contributed by atoms with Gasteiger partial charge in [0.2, 0.25) is 11.0 Å². The fraction of sp³-hybridized carbons (Fsp3) is 0.375. The van der Waals surface area contributed by atoms with Gasteiger partial charge in [0.25, 0.3) is 14.4 Å². The van der Waals surface area contributed by atoms with Crippen molar-refractivity contribution in [3.63, 3.8) is 0 Å². The number of rotatable bonds is 6. The van der Waals surface area contributed by atoms with E-state index < -0.39 is 21.4 Å². The van der Waals surface area contributed by atoms with Gasteiger partial charge < -0.3 is 14.8 Å². The topological polar surface area (TPSA) is 137 Å². The van der Waals surface area contributed by atoms with Crippen LogP contribution in [0.5, 0.6) is 5.75 Å². The van der Waals surface area contributed by atoms with Gasteiger partial charge in [-0.1, -0.05) is 32.1 Å². The number of esters is 1. The van der Waals surface area contributed by atoms with E-state index in [0.29, 0.717) is 11.3 Å². The molecule has 10 nitrogen and oxygen atoms in total. The molecule has 1 aromatic carbocycles. The van der Waals surface area contributed by atoms with Gasteiger partial charge in [-0.3, -0.25) is 9.52 Å². The molecule has 0 saturated carbocycles. The molecule has 0 aliphatic rings. The third-order valence-electron chi connectivity index (χ3n) is 3.40. The number of carbonyl (C=O) groups excluding carboxylic acids is 2. The zero-order chi connectivity index (χ0) is 21.1. The van der Waals surface area contributed by atoms with Crippen molar-refractivity contribution >= 4 is 44.1 Å². The number of sulfonamides is 1. The lowest BCUT2D eigenvalue weighted by atomic mass is 9.96. The summed E-state index contributed by atoms with van der Waals surface area (Å²) in [6.07, 6.45) is 0. The Morgan fingerprint density at radius 2 is 1.82 bits per heavy atom. The molecule has 0 aliphatic heterocycles. The Morgan fingerprint density at radius 1 is 1.14 bits per heavy atom. The predicted octanol–water partition coefficient (Wildman–Crippen LogP) is 2.12. The minimum absolute atomic E-state index is 0.0286. The zero-order valence-corrected chi connectivity index (χ0v) is 17.5. The van der Waals surface area contributed by atoms with E-state index in [4.69, 9.17) is 4.74 Å². The molecular formula is C16H20N4O6S2. The van der Waals surface area contributed by atoms with E-state index in [2.05, 4.69) is 25.0 Å². The van der Waals surface area contributed by atoms with E-state index in [9.17, 15) is 18.0 Å². The molecule has 0 saturated heterocycles. The number of anilines is 2. The van der Waals surface area contributed by atoms with E-state index >= 15 is 0 Å². The molecule has 1 heterocycles. The van der Waals surface area contributed by atoms with Gasteiger partial charge in [0.15, 0.2) is 0 Å². The van der Waals surface area contributed by atoms with Gasteiger partial charge >= 0.3 is 5.97 Å². The number of ether oxygens (including phenoxy) is 2. The fourth-order valence-electron chi connectivity index (χ4n) is 1.87. The van der Waals surface area contributed by atoms with Crippen LogP contribution in [0, 0.1) is 5.41 Å². The molecule has 0 aliphatic carbocycles. The second kappa shape index (κ2) is 8.10. The normalized spacial score (nSPS) is 11.6. The summed E-state index contributed by atoms with van der Waals surface area (Å²) in [5.74, 6) is -0.763.